The van der Waals surface area contributed by atoms with E-state index in [1.807, 2.05) is 42.5 Å². The highest BCUT2D eigenvalue weighted by Gasteiger charge is 2.40. The van der Waals surface area contributed by atoms with Crippen LogP contribution in [0.5, 0.6) is 0 Å². The van der Waals surface area contributed by atoms with E-state index in [1.54, 1.807) is 6.07 Å². The molecule has 4 rings (SSSR count). The Balaban J connectivity index is 1.61. The third kappa shape index (κ3) is 3.48. The van der Waals surface area contributed by atoms with E-state index in [-0.39, 0.29) is 10.1 Å². The van der Waals surface area contributed by atoms with E-state index in [0.717, 1.165) is 22.1 Å². The molecule has 2 aromatic carbocycles. The van der Waals surface area contributed by atoms with Gasteiger partial charge in [0.25, 0.3) is 10.0 Å². The molecule has 1 aliphatic rings. The molecule has 0 saturated carbocycles. The van der Waals surface area contributed by atoms with Crippen LogP contribution in [-0.4, -0.2) is 31.2 Å². The van der Waals surface area contributed by atoms with Gasteiger partial charge in [0.2, 0.25) is 5.91 Å². The highest BCUT2D eigenvalue weighted by Crippen LogP contribution is 2.33. The molecular weight excluding hydrogens is 404 g/mol. The van der Waals surface area contributed by atoms with Crippen molar-refractivity contribution in [1.29, 1.82) is 0 Å². The van der Waals surface area contributed by atoms with Crippen LogP contribution in [0.3, 0.4) is 0 Å². The zero-order chi connectivity index (χ0) is 19.0. The standard InChI is InChI=1S/C19H17ClN2O3S2/c20-17-10-11-18(26-17)27(24,25)22-12-4-9-16(22)19(23)21-15-8-3-6-13-5-1-2-7-14(13)15/h1-3,5-8,10-11,16H,4,9,12H2,(H,21,23). The average molecular weight is 421 g/mol. The Bertz CT molecular complexity index is 1110. The Morgan fingerprint density at radius 2 is 1.89 bits per heavy atom. The minimum atomic E-state index is -3.74. The van der Waals surface area contributed by atoms with Crippen molar-refractivity contribution < 1.29 is 13.2 Å². The van der Waals surface area contributed by atoms with Crippen molar-refractivity contribution in [2.75, 3.05) is 11.9 Å². The summed E-state index contributed by atoms with van der Waals surface area (Å²) < 4.78 is 27.7. The second kappa shape index (κ2) is 7.24. The Labute approximate surface area is 166 Å². The molecule has 0 bridgehead atoms. The van der Waals surface area contributed by atoms with Crippen LogP contribution in [0.15, 0.2) is 58.8 Å². The van der Waals surface area contributed by atoms with E-state index < -0.39 is 16.1 Å². The highest BCUT2D eigenvalue weighted by molar-refractivity contribution is 7.91. The van der Waals surface area contributed by atoms with Crippen molar-refractivity contribution in [2.24, 2.45) is 0 Å². The molecule has 140 valence electrons. The lowest BCUT2D eigenvalue weighted by Gasteiger charge is -2.23. The quantitative estimate of drug-likeness (QED) is 0.682. The van der Waals surface area contributed by atoms with Gasteiger partial charge in [-0.2, -0.15) is 4.31 Å². The lowest BCUT2D eigenvalue weighted by molar-refractivity contribution is -0.119. The summed E-state index contributed by atoms with van der Waals surface area (Å²) in [5.41, 5.74) is 0.682. The van der Waals surface area contributed by atoms with Gasteiger partial charge in [-0.25, -0.2) is 8.42 Å². The topological polar surface area (TPSA) is 66.5 Å². The van der Waals surface area contributed by atoms with E-state index in [9.17, 15) is 13.2 Å². The first-order valence-corrected chi connectivity index (χ1v) is 11.2. The molecule has 1 fully saturated rings. The summed E-state index contributed by atoms with van der Waals surface area (Å²) in [6.07, 6.45) is 1.14. The number of amides is 1. The second-order valence-electron chi connectivity index (χ2n) is 6.35. The molecule has 0 radical (unpaired) electrons. The SMILES string of the molecule is O=C(Nc1cccc2ccccc12)C1CCCN1S(=O)(=O)c1ccc(Cl)s1. The maximum atomic E-state index is 12.9. The predicted octanol–water partition coefficient (Wildman–Crippen LogP) is 4.35. The van der Waals surface area contributed by atoms with Crippen LogP contribution in [0, 0.1) is 0 Å². The van der Waals surface area contributed by atoms with Crippen LogP contribution in [0.4, 0.5) is 5.69 Å². The number of hydrogen-bond acceptors (Lipinski definition) is 4. The summed E-state index contributed by atoms with van der Waals surface area (Å²) >= 11 is 6.90. The number of sulfonamides is 1. The fraction of sp³-hybridized carbons (Fsp3) is 0.211. The van der Waals surface area contributed by atoms with E-state index >= 15 is 0 Å². The number of fused-ring (bicyclic) bond motifs is 1. The third-order valence-corrected chi connectivity index (χ3v) is 8.27. The molecule has 1 N–H and O–H groups in total. The summed E-state index contributed by atoms with van der Waals surface area (Å²) in [6.45, 7) is 0.325. The zero-order valence-electron chi connectivity index (χ0n) is 14.3. The van der Waals surface area contributed by atoms with Crippen LogP contribution in [-0.2, 0) is 14.8 Å². The molecule has 5 nitrogen and oxygen atoms in total. The molecule has 0 spiro atoms. The van der Waals surface area contributed by atoms with Crippen LogP contribution < -0.4 is 5.32 Å². The molecule has 3 aromatic rings. The summed E-state index contributed by atoms with van der Waals surface area (Å²) in [5, 5.41) is 4.85. The van der Waals surface area contributed by atoms with Crippen LogP contribution >= 0.6 is 22.9 Å². The van der Waals surface area contributed by atoms with Gasteiger partial charge in [0.1, 0.15) is 10.3 Å². The van der Waals surface area contributed by atoms with Crippen LogP contribution in [0.1, 0.15) is 12.8 Å². The Morgan fingerprint density at radius 1 is 1.11 bits per heavy atom. The monoisotopic (exact) mass is 420 g/mol. The normalized spacial score (nSPS) is 18.0. The van der Waals surface area contributed by atoms with Crippen molar-refractivity contribution in [3.63, 3.8) is 0 Å². The maximum absolute atomic E-state index is 12.9. The van der Waals surface area contributed by atoms with Gasteiger partial charge >= 0.3 is 0 Å². The molecule has 0 aliphatic carbocycles. The van der Waals surface area contributed by atoms with E-state index in [0.29, 0.717) is 29.4 Å². The van der Waals surface area contributed by atoms with Gasteiger partial charge in [-0.3, -0.25) is 4.79 Å². The minimum absolute atomic E-state index is 0.164. The van der Waals surface area contributed by atoms with Gasteiger partial charge in [-0.15, -0.1) is 11.3 Å². The highest BCUT2D eigenvalue weighted by atomic mass is 35.5. The third-order valence-electron chi connectivity index (χ3n) is 4.67. The number of anilines is 1. The molecule has 1 unspecified atom stereocenters. The first-order chi connectivity index (χ1) is 13.0. The van der Waals surface area contributed by atoms with Crippen molar-refractivity contribution >= 4 is 55.3 Å². The fourth-order valence-electron chi connectivity index (χ4n) is 3.39. The van der Waals surface area contributed by atoms with Crippen molar-refractivity contribution in [1.82, 2.24) is 4.31 Å². The van der Waals surface area contributed by atoms with Crippen LogP contribution in [0.2, 0.25) is 4.34 Å². The number of nitrogens with one attached hydrogen (secondary N) is 1. The number of halogens is 1. The molecule has 1 aliphatic heterocycles. The molecule has 2 heterocycles. The predicted molar refractivity (Wildman–Crippen MR) is 109 cm³/mol. The summed E-state index contributed by atoms with van der Waals surface area (Å²) in [4.78, 5) is 12.9. The Kier molecular flexibility index (Phi) is 4.94. The molecule has 1 atom stereocenters. The minimum Gasteiger partial charge on any atom is -0.324 e. The maximum Gasteiger partial charge on any atom is 0.253 e. The smallest absolute Gasteiger partial charge is 0.253 e. The second-order valence-corrected chi connectivity index (χ2v) is 10.2. The molecule has 1 saturated heterocycles. The summed E-state index contributed by atoms with van der Waals surface area (Å²) in [5.74, 6) is -0.310. The Hall–Kier alpha value is -1.93. The van der Waals surface area contributed by atoms with E-state index in [2.05, 4.69) is 5.32 Å². The molecule has 1 amide bonds. The molecule has 8 heteroatoms. The van der Waals surface area contributed by atoms with Gasteiger partial charge in [-0.1, -0.05) is 48.0 Å². The number of thiophene rings is 1. The number of nitrogens with zero attached hydrogens (tertiary/aromatic N) is 1. The lowest BCUT2D eigenvalue weighted by atomic mass is 10.1. The number of carbonyl (C=O) groups is 1. The number of rotatable bonds is 4. The summed E-state index contributed by atoms with van der Waals surface area (Å²) in [7, 11) is -3.74. The number of hydrogen-bond donors (Lipinski definition) is 1. The summed E-state index contributed by atoms with van der Waals surface area (Å²) in [6, 6.07) is 15.7. The first kappa shape index (κ1) is 18.4. The Morgan fingerprint density at radius 3 is 2.67 bits per heavy atom. The van der Waals surface area contributed by atoms with Gasteiger partial charge in [0, 0.05) is 17.6 Å². The van der Waals surface area contributed by atoms with Crippen molar-refractivity contribution in [2.45, 2.75) is 23.1 Å². The van der Waals surface area contributed by atoms with Gasteiger partial charge < -0.3 is 5.32 Å². The number of benzene rings is 2. The average Bonchev–Trinajstić information content (AvgIpc) is 3.32. The lowest BCUT2D eigenvalue weighted by Crippen LogP contribution is -2.42. The number of carbonyl (C=O) groups excluding carboxylic acids is 1. The first-order valence-electron chi connectivity index (χ1n) is 8.52. The zero-order valence-corrected chi connectivity index (χ0v) is 16.7. The van der Waals surface area contributed by atoms with E-state index in [4.69, 9.17) is 11.6 Å². The molecular formula is C19H17ClN2O3S2. The van der Waals surface area contributed by atoms with Crippen LogP contribution in [0.25, 0.3) is 10.8 Å². The van der Waals surface area contributed by atoms with Crippen molar-refractivity contribution in [3.05, 3.63) is 58.9 Å². The molecule has 1 aromatic heterocycles. The van der Waals surface area contributed by atoms with Gasteiger partial charge in [-0.05, 0) is 36.4 Å². The van der Waals surface area contributed by atoms with Gasteiger partial charge in [0.15, 0.2) is 0 Å². The van der Waals surface area contributed by atoms with Crippen molar-refractivity contribution in [3.8, 4) is 0 Å². The fourth-order valence-corrected chi connectivity index (χ4v) is 6.66. The largest absolute Gasteiger partial charge is 0.324 e. The molecule has 27 heavy (non-hydrogen) atoms. The van der Waals surface area contributed by atoms with E-state index in [1.165, 1.54) is 10.4 Å². The van der Waals surface area contributed by atoms with Gasteiger partial charge in [0.05, 0.1) is 4.34 Å².